The van der Waals surface area contributed by atoms with Gasteiger partial charge in [0, 0.05) is 19.3 Å². The molecule has 0 aromatic carbocycles. The van der Waals surface area contributed by atoms with Gasteiger partial charge >= 0.3 is 17.9 Å². The summed E-state index contributed by atoms with van der Waals surface area (Å²) in [6.07, 6.45) is 48.0. The number of esters is 3. The fraction of sp³-hybridized carbons (Fsp3) is 0.946. The fourth-order valence-corrected chi connectivity index (χ4v) is 8.44. The topological polar surface area (TPSA) is 78.9 Å². The molecule has 62 heavy (non-hydrogen) atoms. The average Bonchev–Trinajstić information content (AvgIpc) is 3.24. The van der Waals surface area contributed by atoms with Crippen LogP contribution in [0.15, 0.2) is 0 Å². The highest BCUT2D eigenvalue weighted by atomic mass is 16.6. The maximum Gasteiger partial charge on any atom is 0.306 e. The molecule has 6 nitrogen and oxygen atoms in total. The van der Waals surface area contributed by atoms with Gasteiger partial charge in [0.2, 0.25) is 0 Å². The molecular formula is C56H108O6. The summed E-state index contributed by atoms with van der Waals surface area (Å²) in [4.78, 5) is 38.1. The molecule has 6 heteroatoms. The van der Waals surface area contributed by atoms with Crippen LogP contribution in [0.25, 0.3) is 0 Å². The lowest BCUT2D eigenvalue weighted by Crippen LogP contribution is -2.30. The standard InChI is InChI=1S/C56H108O6/c1-7-52(6)44-38-32-26-20-16-17-22-28-34-40-46-55(58)61-49-53(48-60-54(57)45-39-33-27-21-15-11-13-19-25-31-37-43-51(4)5)62-56(59)47-41-35-29-23-14-10-8-9-12-18-24-30-36-42-50(2)3/h50-53H,7-49H2,1-6H3/t52?,53-/m1/s1. The Morgan fingerprint density at radius 2 is 0.565 bits per heavy atom. The van der Waals surface area contributed by atoms with Crippen molar-refractivity contribution in [2.75, 3.05) is 13.2 Å². The highest BCUT2D eigenvalue weighted by Crippen LogP contribution is 2.18. The number of carbonyl (C=O) groups excluding carboxylic acids is 3. The van der Waals surface area contributed by atoms with E-state index in [9.17, 15) is 14.4 Å². The summed E-state index contributed by atoms with van der Waals surface area (Å²) < 4.78 is 16.9. The Bertz CT molecular complexity index is 962. The molecule has 0 heterocycles. The van der Waals surface area contributed by atoms with Crippen LogP contribution in [0.1, 0.15) is 305 Å². The zero-order chi connectivity index (χ0) is 45.6. The summed E-state index contributed by atoms with van der Waals surface area (Å²) in [6.45, 7) is 13.8. The SMILES string of the molecule is CCC(C)CCCCCCCCCCCCC(=O)OC[C@@H](COC(=O)CCCCCCCCCCCCCC(C)C)OC(=O)CCCCCCCCCCCCCCCC(C)C. The summed E-state index contributed by atoms with van der Waals surface area (Å²) in [5.41, 5.74) is 0. The van der Waals surface area contributed by atoms with Gasteiger partial charge in [-0.2, -0.15) is 0 Å². The summed E-state index contributed by atoms with van der Waals surface area (Å²) in [7, 11) is 0. The largest absolute Gasteiger partial charge is 0.462 e. The van der Waals surface area contributed by atoms with E-state index < -0.39 is 6.10 Å². The zero-order valence-corrected chi connectivity index (χ0v) is 42.7. The van der Waals surface area contributed by atoms with Crippen molar-refractivity contribution in [1.29, 1.82) is 0 Å². The lowest BCUT2D eigenvalue weighted by molar-refractivity contribution is -0.167. The molecule has 0 N–H and O–H groups in total. The van der Waals surface area contributed by atoms with Crippen molar-refractivity contribution >= 4 is 17.9 Å². The van der Waals surface area contributed by atoms with Gasteiger partial charge in [-0.15, -0.1) is 0 Å². The molecule has 0 aliphatic carbocycles. The van der Waals surface area contributed by atoms with Gasteiger partial charge in [0.1, 0.15) is 13.2 Å². The second-order valence-corrected chi connectivity index (χ2v) is 20.4. The summed E-state index contributed by atoms with van der Waals surface area (Å²) in [5.74, 6) is 1.69. The number of rotatable bonds is 49. The normalized spacial score (nSPS) is 12.6. The molecule has 0 bridgehead atoms. The van der Waals surface area contributed by atoms with Gasteiger partial charge in [0.25, 0.3) is 0 Å². The van der Waals surface area contributed by atoms with E-state index in [0.717, 1.165) is 75.5 Å². The van der Waals surface area contributed by atoms with E-state index in [4.69, 9.17) is 14.2 Å². The molecule has 0 aromatic heterocycles. The smallest absolute Gasteiger partial charge is 0.306 e. The number of carbonyl (C=O) groups is 3. The number of hydrogen-bond acceptors (Lipinski definition) is 6. The molecule has 0 saturated carbocycles. The fourth-order valence-electron chi connectivity index (χ4n) is 8.44. The van der Waals surface area contributed by atoms with Crippen molar-refractivity contribution in [3.8, 4) is 0 Å². The Hall–Kier alpha value is -1.59. The maximum absolute atomic E-state index is 12.8. The van der Waals surface area contributed by atoms with Gasteiger partial charge in [-0.1, -0.05) is 266 Å². The molecule has 0 aromatic rings. The minimum absolute atomic E-state index is 0.0642. The average molecular weight is 877 g/mol. The van der Waals surface area contributed by atoms with Crippen molar-refractivity contribution in [3.63, 3.8) is 0 Å². The third-order valence-corrected chi connectivity index (χ3v) is 13.0. The monoisotopic (exact) mass is 877 g/mol. The molecular weight excluding hydrogens is 769 g/mol. The summed E-state index contributed by atoms with van der Waals surface area (Å²) in [5, 5.41) is 0. The van der Waals surface area contributed by atoms with Gasteiger partial charge in [-0.3, -0.25) is 14.4 Å². The Labute approximate surface area is 387 Å². The van der Waals surface area contributed by atoms with Gasteiger partial charge in [-0.25, -0.2) is 0 Å². The van der Waals surface area contributed by atoms with Crippen molar-refractivity contribution in [3.05, 3.63) is 0 Å². The Kier molecular flexibility index (Phi) is 46.2. The van der Waals surface area contributed by atoms with Crippen molar-refractivity contribution in [1.82, 2.24) is 0 Å². The Balaban J connectivity index is 4.33. The molecule has 0 spiro atoms. The Morgan fingerprint density at radius 1 is 0.323 bits per heavy atom. The molecule has 1 unspecified atom stereocenters. The van der Waals surface area contributed by atoms with E-state index in [2.05, 4.69) is 41.5 Å². The molecule has 0 fully saturated rings. The van der Waals surface area contributed by atoms with E-state index in [1.165, 1.54) is 186 Å². The molecule has 0 amide bonds. The van der Waals surface area contributed by atoms with Crippen LogP contribution in [0.4, 0.5) is 0 Å². The second-order valence-electron chi connectivity index (χ2n) is 20.4. The first kappa shape index (κ1) is 60.4. The van der Waals surface area contributed by atoms with Crippen molar-refractivity contribution in [2.24, 2.45) is 17.8 Å². The van der Waals surface area contributed by atoms with E-state index in [-0.39, 0.29) is 31.1 Å². The van der Waals surface area contributed by atoms with Crippen LogP contribution in [0, 0.1) is 17.8 Å². The zero-order valence-electron chi connectivity index (χ0n) is 42.7. The quantitative estimate of drug-likeness (QED) is 0.0344. The van der Waals surface area contributed by atoms with Crippen LogP contribution in [0.2, 0.25) is 0 Å². The van der Waals surface area contributed by atoms with Gasteiger partial charge in [0.15, 0.2) is 6.10 Å². The molecule has 0 aliphatic rings. The van der Waals surface area contributed by atoms with Crippen LogP contribution in [0.5, 0.6) is 0 Å². The van der Waals surface area contributed by atoms with Gasteiger partial charge in [0.05, 0.1) is 0 Å². The minimum Gasteiger partial charge on any atom is -0.462 e. The van der Waals surface area contributed by atoms with E-state index >= 15 is 0 Å². The minimum atomic E-state index is -0.763. The first-order valence-corrected chi connectivity index (χ1v) is 27.6. The lowest BCUT2D eigenvalue weighted by Gasteiger charge is -2.18. The van der Waals surface area contributed by atoms with Crippen molar-refractivity contribution < 1.29 is 28.6 Å². The molecule has 2 atom stereocenters. The molecule has 0 saturated heterocycles. The highest BCUT2D eigenvalue weighted by Gasteiger charge is 2.19. The van der Waals surface area contributed by atoms with Crippen LogP contribution in [-0.2, 0) is 28.6 Å². The third-order valence-electron chi connectivity index (χ3n) is 13.0. The number of hydrogen-bond donors (Lipinski definition) is 0. The van der Waals surface area contributed by atoms with Crippen LogP contribution in [0.3, 0.4) is 0 Å². The highest BCUT2D eigenvalue weighted by molar-refractivity contribution is 5.71. The predicted octanol–water partition coefficient (Wildman–Crippen LogP) is 17.9. The van der Waals surface area contributed by atoms with Crippen LogP contribution in [-0.4, -0.2) is 37.2 Å². The first-order chi connectivity index (χ1) is 30.1. The van der Waals surface area contributed by atoms with Crippen LogP contribution < -0.4 is 0 Å². The number of ether oxygens (including phenoxy) is 3. The molecule has 368 valence electrons. The molecule has 0 aliphatic heterocycles. The second kappa shape index (κ2) is 47.4. The first-order valence-electron chi connectivity index (χ1n) is 27.6. The van der Waals surface area contributed by atoms with Gasteiger partial charge in [-0.05, 0) is 37.0 Å². The molecule has 0 rings (SSSR count). The summed E-state index contributed by atoms with van der Waals surface area (Å²) in [6, 6.07) is 0. The molecule has 0 radical (unpaired) electrons. The Morgan fingerprint density at radius 3 is 0.839 bits per heavy atom. The predicted molar refractivity (Wildman–Crippen MR) is 266 cm³/mol. The van der Waals surface area contributed by atoms with E-state index in [1.807, 2.05) is 0 Å². The van der Waals surface area contributed by atoms with Gasteiger partial charge < -0.3 is 14.2 Å². The van der Waals surface area contributed by atoms with Crippen LogP contribution >= 0.6 is 0 Å². The number of unbranched alkanes of at least 4 members (excludes halogenated alkanes) is 31. The van der Waals surface area contributed by atoms with E-state index in [0.29, 0.717) is 19.3 Å². The van der Waals surface area contributed by atoms with Crippen molar-refractivity contribution in [2.45, 2.75) is 311 Å². The lowest BCUT2D eigenvalue weighted by atomic mass is 9.99. The maximum atomic E-state index is 12.8. The summed E-state index contributed by atoms with van der Waals surface area (Å²) >= 11 is 0. The van der Waals surface area contributed by atoms with E-state index in [1.54, 1.807) is 0 Å². The third kappa shape index (κ3) is 47.9.